The summed E-state index contributed by atoms with van der Waals surface area (Å²) < 4.78 is 38.5. The van der Waals surface area contributed by atoms with E-state index in [4.69, 9.17) is 23.2 Å². The molecule has 1 aliphatic heterocycles. The van der Waals surface area contributed by atoms with E-state index in [1.807, 2.05) is 0 Å². The van der Waals surface area contributed by atoms with E-state index < -0.39 is 23.7 Å². The summed E-state index contributed by atoms with van der Waals surface area (Å²) in [5, 5.41) is 3.27. The molecule has 1 aliphatic rings. The molecule has 160 valence electrons. The van der Waals surface area contributed by atoms with Gasteiger partial charge in [0, 0.05) is 18.7 Å². The third-order valence-electron chi connectivity index (χ3n) is 4.94. The second-order valence-corrected chi connectivity index (χ2v) is 7.87. The highest BCUT2D eigenvalue weighted by Gasteiger charge is 2.33. The summed E-state index contributed by atoms with van der Waals surface area (Å²) in [4.78, 5) is 27.2. The maximum atomic E-state index is 13.3. The number of halogens is 5. The Morgan fingerprint density at radius 2 is 1.77 bits per heavy atom. The van der Waals surface area contributed by atoms with Crippen LogP contribution in [0.15, 0.2) is 42.5 Å². The van der Waals surface area contributed by atoms with Gasteiger partial charge < -0.3 is 10.2 Å². The van der Waals surface area contributed by atoms with E-state index >= 15 is 0 Å². The van der Waals surface area contributed by atoms with Gasteiger partial charge in [0.2, 0.25) is 5.91 Å². The minimum Gasteiger partial charge on any atom is -0.354 e. The molecule has 1 atom stereocenters. The SMILES string of the molecule is O=C1NCCCCC1N(Cc1ccc(C(F)(F)F)cc1)C(=O)c1ccc(Cl)c(Cl)c1. The average molecular weight is 459 g/mol. The van der Waals surface area contributed by atoms with Gasteiger partial charge in [0.1, 0.15) is 6.04 Å². The molecule has 0 aromatic heterocycles. The lowest BCUT2D eigenvalue weighted by Gasteiger charge is -2.30. The number of hydrogen-bond donors (Lipinski definition) is 1. The number of carbonyl (C=O) groups excluding carboxylic acids is 2. The molecule has 0 spiro atoms. The van der Waals surface area contributed by atoms with Crippen molar-refractivity contribution in [2.24, 2.45) is 0 Å². The van der Waals surface area contributed by atoms with Crippen LogP contribution in [0.25, 0.3) is 0 Å². The number of nitrogens with zero attached hydrogens (tertiary/aromatic N) is 1. The van der Waals surface area contributed by atoms with E-state index in [1.165, 1.54) is 35.2 Å². The van der Waals surface area contributed by atoms with E-state index in [0.29, 0.717) is 18.5 Å². The van der Waals surface area contributed by atoms with E-state index in [2.05, 4.69) is 5.32 Å². The summed E-state index contributed by atoms with van der Waals surface area (Å²) in [6.45, 7) is 0.500. The van der Waals surface area contributed by atoms with Gasteiger partial charge in [0.25, 0.3) is 5.91 Å². The van der Waals surface area contributed by atoms with Gasteiger partial charge in [-0.3, -0.25) is 9.59 Å². The standard InChI is InChI=1S/C21H19Cl2F3N2O2/c22-16-9-6-14(11-17(16)23)20(30)28(18-3-1-2-10-27-19(18)29)12-13-4-7-15(8-5-13)21(24,25)26/h4-9,11,18H,1-3,10,12H2,(H,27,29). The van der Waals surface area contributed by atoms with Crippen LogP contribution in [0.5, 0.6) is 0 Å². The summed E-state index contributed by atoms with van der Waals surface area (Å²) in [5.41, 5.74) is -0.0531. The molecule has 0 radical (unpaired) electrons. The Balaban J connectivity index is 1.93. The van der Waals surface area contributed by atoms with Crippen molar-refractivity contribution in [2.45, 2.75) is 38.0 Å². The highest BCUT2D eigenvalue weighted by atomic mass is 35.5. The number of rotatable bonds is 4. The second-order valence-electron chi connectivity index (χ2n) is 7.06. The first-order valence-electron chi connectivity index (χ1n) is 9.36. The Kier molecular flexibility index (Phi) is 6.93. The Bertz CT molecular complexity index is 933. The van der Waals surface area contributed by atoms with Crippen molar-refractivity contribution in [3.63, 3.8) is 0 Å². The molecule has 3 rings (SSSR count). The quantitative estimate of drug-likeness (QED) is 0.673. The molecular formula is C21H19Cl2F3N2O2. The third kappa shape index (κ3) is 5.26. The second kappa shape index (κ2) is 9.27. The van der Waals surface area contributed by atoms with Crippen LogP contribution in [0.4, 0.5) is 13.2 Å². The monoisotopic (exact) mass is 458 g/mol. The maximum absolute atomic E-state index is 13.3. The van der Waals surface area contributed by atoms with Gasteiger partial charge in [0.05, 0.1) is 15.6 Å². The molecule has 0 aliphatic carbocycles. The molecule has 1 fully saturated rings. The summed E-state index contributed by atoms with van der Waals surface area (Å²) in [7, 11) is 0. The zero-order valence-corrected chi connectivity index (χ0v) is 17.3. The highest BCUT2D eigenvalue weighted by molar-refractivity contribution is 6.42. The van der Waals surface area contributed by atoms with Crippen LogP contribution >= 0.6 is 23.2 Å². The number of amides is 2. The zero-order valence-electron chi connectivity index (χ0n) is 15.8. The molecule has 1 saturated heterocycles. The third-order valence-corrected chi connectivity index (χ3v) is 5.68. The van der Waals surface area contributed by atoms with Crippen molar-refractivity contribution < 1.29 is 22.8 Å². The molecule has 2 aromatic carbocycles. The molecule has 0 saturated carbocycles. The molecule has 2 amide bonds. The van der Waals surface area contributed by atoms with E-state index in [0.717, 1.165) is 25.0 Å². The first kappa shape index (κ1) is 22.4. The smallest absolute Gasteiger partial charge is 0.354 e. The summed E-state index contributed by atoms with van der Waals surface area (Å²) in [6, 6.07) is 8.22. The summed E-state index contributed by atoms with van der Waals surface area (Å²) >= 11 is 12.0. The van der Waals surface area contributed by atoms with Crippen molar-refractivity contribution in [1.82, 2.24) is 10.2 Å². The van der Waals surface area contributed by atoms with E-state index in [-0.39, 0.29) is 28.1 Å². The Hall–Kier alpha value is -2.25. The van der Waals surface area contributed by atoms with Crippen molar-refractivity contribution in [1.29, 1.82) is 0 Å². The predicted octanol–water partition coefficient (Wildman–Crippen LogP) is 5.32. The van der Waals surface area contributed by atoms with Crippen molar-refractivity contribution >= 4 is 35.0 Å². The van der Waals surface area contributed by atoms with Crippen LogP contribution < -0.4 is 5.32 Å². The van der Waals surface area contributed by atoms with Crippen molar-refractivity contribution in [3.05, 3.63) is 69.2 Å². The van der Waals surface area contributed by atoms with Gasteiger partial charge >= 0.3 is 6.18 Å². The van der Waals surface area contributed by atoms with Crippen molar-refractivity contribution in [3.8, 4) is 0 Å². The first-order chi connectivity index (χ1) is 14.2. The molecular weight excluding hydrogens is 440 g/mol. The molecule has 4 nitrogen and oxygen atoms in total. The van der Waals surface area contributed by atoms with E-state index in [9.17, 15) is 22.8 Å². The molecule has 1 unspecified atom stereocenters. The van der Waals surface area contributed by atoms with Gasteiger partial charge in [-0.25, -0.2) is 0 Å². The number of carbonyl (C=O) groups is 2. The molecule has 9 heteroatoms. The topological polar surface area (TPSA) is 49.4 Å². The lowest BCUT2D eigenvalue weighted by atomic mass is 10.0. The normalized spacial score (nSPS) is 17.2. The van der Waals surface area contributed by atoms with Gasteiger partial charge in [-0.15, -0.1) is 0 Å². The Labute approximate surface area is 182 Å². The Morgan fingerprint density at radius 3 is 2.40 bits per heavy atom. The number of nitrogens with one attached hydrogen (secondary N) is 1. The number of benzene rings is 2. The first-order valence-corrected chi connectivity index (χ1v) is 10.1. The van der Waals surface area contributed by atoms with Gasteiger partial charge in [0.15, 0.2) is 0 Å². The summed E-state index contributed by atoms with van der Waals surface area (Å²) in [6.07, 6.45) is -2.46. The minimum atomic E-state index is -4.45. The Morgan fingerprint density at radius 1 is 1.07 bits per heavy atom. The lowest BCUT2D eigenvalue weighted by Crippen LogP contribution is -2.48. The van der Waals surface area contributed by atoms with Crippen LogP contribution in [0, 0.1) is 0 Å². The van der Waals surface area contributed by atoms with Gasteiger partial charge in [-0.1, -0.05) is 35.3 Å². The molecule has 1 heterocycles. The predicted molar refractivity (Wildman–Crippen MR) is 108 cm³/mol. The fourth-order valence-electron chi connectivity index (χ4n) is 3.33. The lowest BCUT2D eigenvalue weighted by molar-refractivity contribution is -0.137. The molecule has 1 N–H and O–H groups in total. The van der Waals surface area contributed by atoms with Crippen LogP contribution in [-0.4, -0.2) is 29.3 Å². The van der Waals surface area contributed by atoms with Gasteiger partial charge in [-0.2, -0.15) is 13.2 Å². The molecule has 30 heavy (non-hydrogen) atoms. The number of hydrogen-bond acceptors (Lipinski definition) is 2. The molecule has 0 bridgehead atoms. The average Bonchev–Trinajstić information content (AvgIpc) is 2.92. The van der Waals surface area contributed by atoms with Crippen LogP contribution in [0.2, 0.25) is 10.0 Å². The van der Waals surface area contributed by atoms with Crippen LogP contribution in [0.1, 0.15) is 40.7 Å². The van der Waals surface area contributed by atoms with Crippen LogP contribution in [0.3, 0.4) is 0 Å². The highest BCUT2D eigenvalue weighted by Crippen LogP contribution is 2.30. The fraction of sp³-hybridized carbons (Fsp3) is 0.333. The van der Waals surface area contributed by atoms with Gasteiger partial charge in [-0.05, 0) is 55.2 Å². The minimum absolute atomic E-state index is 0.0185. The fourth-order valence-corrected chi connectivity index (χ4v) is 3.63. The molecule has 2 aromatic rings. The zero-order chi connectivity index (χ0) is 21.9. The largest absolute Gasteiger partial charge is 0.416 e. The van der Waals surface area contributed by atoms with Crippen LogP contribution in [-0.2, 0) is 17.5 Å². The van der Waals surface area contributed by atoms with Crippen molar-refractivity contribution in [2.75, 3.05) is 6.54 Å². The number of alkyl halides is 3. The maximum Gasteiger partial charge on any atom is 0.416 e. The van der Waals surface area contributed by atoms with E-state index in [1.54, 1.807) is 0 Å². The summed E-state index contributed by atoms with van der Waals surface area (Å²) in [5.74, 6) is -0.733.